The number of alkyl halides is 3. The summed E-state index contributed by atoms with van der Waals surface area (Å²) in [5.74, 6) is -0.974. The number of carbonyl (C=O) groups excluding carboxylic acids is 2. The van der Waals surface area contributed by atoms with Gasteiger partial charge < -0.3 is 19.8 Å². The SMILES string of the molecule is CN(C)C(=O)c1ccc(N(C)CCC[C@@H]2CC23CCN(C(=O)C(O)(c2ccccc2)C(F)(F)F)CC3)cc1Cl. The third-order valence-electron chi connectivity index (χ3n) is 8.39. The van der Waals surface area contributed by atoms with Crippen LogP contribution in [0.1, 0.15) is 48.0 Å². The monoisotopic (exact) mass is 565 g/mol. The molecule has 1 saturated carbocycles. The molecule has 0 bridgehead atoms. The molecule has 0 radical (unpaired) electrons. The van der Waals surface area contributed by atoms with Crippen LogP contribution in [0.4, 0.5) is 18.9 Å². The molecule has 2 aromatic rings. The molecule has 39 heavy (non-hydrogen) atoms. The molecule has 10 heteroatoms. The predicted octanol–water partition coefficient (Wildman–Crippen LogP) is 5.34. The molecule has 1 heterocycles. The van der Waals surface area contributed by atoms with Crippen LogP contribution >= 0.6 is 11.6 Å². The van der Waals surface area contributed by atoms with Crippen LogP contribution in [-0.2, 0) is 10.4 Å². The van der Waals surface area contributed by atoms with Crippen molar-refractivity contribution in [1.29, 1.82) is 0 Å². The van der Waals surface area contributed by atoms with Crippen molar-refractivity contribution in [2.24, 2.45) is 11.3 Å². The van der Waals surface area contributed by atoms with Gasteiger partial charge in [-0.2, -0.15) is 13.2 Å². The van der Waals surface area contributed by atoms with Crippen LogP contribution < -0.4 is 4.90 Å². The number of hydrogen-bond acceptors (Lipinski definition) is 4. The summed E-state index contributed by atoms with van der Waals surface area (Å²) in [6.45, 7) is 1.21. The summed E-state index contributed by atoms with van der Waals surface area (Å²) >= 11 is 6.35. The van der Waals surface area contributed by atoms with Gasteiger partial charge >= 0.3 is 6.18 Å². The fraction of sp³-hybridized carbons (Fsp3) is 0.517. The lowest BCUT2D eigenvalue weighted by Gasteiger charge is -2.39. The van der Waals surface area contributed by atoms with Crippen molar-refractivity contribution < 1.29 is 27.9 Å². The fourth-order valence-electron chi connectivity index (χ4n) is 5.78. The number of aliphatic hydroxyl groups is 1. The number of likely N-dealkylation sites (tertiary alicyclic amines) is 1. The lowest BCUT2D eigenvalue weighted by atomic mass is 9.86. The Hall–Kier alpha value is -2.78. The molecule has 2 fully saturated rings. The first kappa shape index (κ1) is 29.2. The molecule has 1 spiro atoms. The van der Waals surface area contributed by atoms with Gasteiger partial charge in [0.05, 0.1) is 10.6 Å². The van der Waals surface area contributed by atoms with Gasteiger partial charge in [-0.1, -0.05) is 41.9 Å². The van der Waals surface area contributed by atoms with E-state index < -0.39 is 23.2 Å². The van der Waals surface area contributed by atoms with Crippen LogP contribution in [-0.4, -0.2) is 73.7 Å². The number of benzene rings is 2. The molecule has 1 aliphatic heterocycles. The Morgan fingerprint density at radius 2 is 1.72 bits per heavy atom. The molecule has 6 nitrogen and oxygen atoms in total. The van der Waals surface area contributed by atoms with Gasteiger partial charge in [-0.05, 0) is 61.6 Å². The second kappa shape index (κ2) is 11.0. The van der Waals surface area contributed by atoms with Crippen molar-refractivity contribution >= 4 is 29.1 Å². The molecule has 1 aliphatic carbocycles. The molecule has 2 aromatic carbocycles. The predicted molar refractivity (Wildman–Crippen MR) is 145 cm³/mol. The molecule has 2 aliphatic rings. The van der Waals surface area contributed by atoms with Crippen molar-refractivity contribution in [3.63, 3.8) is 0 Å². The molecule has 1 unspecified atom stereocenters. The van der Waals surface area contributed by atoms with E-state index in [2.05, 4.69) is 4.90 Å². The summed E-state index contributed by atoms with van der Waals surface area (Å²) in [7, 11) is 5.33. The minimum atomic E-state index is -5.12. The van der Waals surface area contributed by atoms with Gasteiger partial charge in [-0.15, -0.1) is 0 Å². The zero-order valence-corrected chi connectivity index (χ0v) is 23.2. The number of hydrogen-bond donors (Lipinski definition) is 1. The van der Waals surface area contributed by atoms with E-state index >= 15 is 0 Å². The highest BCUT2D eigenvalue weighted by Crippen LogP contribution is 2.61. The van der Waals surface area contributed by atoms with Crippen LogP contribution in [0.3, 0.4) is 0 Å². The Kier molecular flexibility index (Phi) is 8.24. The highest BCUT2D eigenvalue weighted by atomic mass is 35.5. The molecule has 212 valence electrons. The van der Waals surface area contributed by atoms with E-state index in [1.165, 1.54) is 21.9 Å². The van der Waals surface area contributed by atoms with E-state index in [1.807, 2.05) is 13.1 Å². The summed E-state index contributed by atoms with van der Waals surface area (Å²) < 4.78 is 41.8. The van der Waals surface area contributed by atoms with Gasteiger partial charge in [0.1, 0.15) is 0 Å². The Morgan fingerprint density at radius 3 is 2.28 bits per heavy atom. The molecule has 2 amide bonds. The van der Waals surface area contributed by atoms with E-state index in [0.717, 1.165) is 43.6 Å². The van der Waals surface area contributed by atoms with E-state index in [-0.39, 0.29) is 24.4 Å². The lowest BCUT2D eigenvalue weighted by Crippen LogP contribution is -2.57. The third kappa shape index (κ3) is 5.75. The van der Waals surface area contributed by atoms with Gasteiger partial charge in [0.2, 0.25) is 0 Å². The summed E-state index contributed by atoms with van der Waals surface area (Å²) in [6.07, 6.45) is -0.920. The maximum Gasteiger partial charge on any atom is 0.430 e. The van der Waals surface area contributed by atoms with Crippen molar-refractivity contribution in [3.05, 3.63) is 64.7 Å². The van der Waals surface area contributed by atoms with Crippen molar-refractivity contribution in [2.45, 2.75) is 43.9 Å². The first-order chi connectivity index (χ1) is 18.3. The summed E-state index contributed by atoms with van der Waals surface area (Å²) in [5.41, 5.74) is -2.57. The zero-order valence-electron chi connectivity index (χ0n) is 22.5. The number of anilines is 1. The number of rotatable bonds is 8. The maximum absolute atomic E-state index is 13.9. The van der Waals surface area contributed by atoms with Gasteiger partial charge in [-0.25, -0.2) is 0 Å². The Labute approximate surface area is 232 Å². The van der Waals surface area contributed by atoms with Gasteiger partial charge in [0, 0.05) is 52.0 Å². The Bertz CT molecular complexity index is 1200. The average Bonchev–Trinajstić information content (AvgIpc) is 3.58. The molecule has 4 rings (SSSR count). The number of amides is 2. The standard InChI is InChI=1S/C29H35ClF3N3O3/c1-34(2)25(37)23-12-11-22(18-24(23)30)35(3)15-7-10-21-19-27(21)13-16-36(17-14-27)26(38)28(39,29(31,32)33)20-8-5-4-6-9-20/h4-6,8-9,11-12,18,21,39H,7,10,13-17,19H2,1-3H3/t21-,28?/m1/s1. The van der Waals surface area contributed by atoms with E-state index in [0.29, 0.717) is 29.3 Å². The summed E-state index contributed by atoms with van der Waals surface area (Å²) in [4.78, 5) is 29.9. The third-order valence-corrected chi connectivity index (χ3v) is 8.71. The highest BCUT2D eigenvalue weighted by Gasteiger charge is 2.63. The summed E-state index contributed by atoms with van der Waals surface area (Å²) in [6, 6.07) is 12.0. The quantitative estimate of drug-likeness (QED) is 0.469. The van der Waals surface area contributed by atoms with E-state index in [4.69, 9.17) is 11.6 Å². The second-order valence-electron chi connectivity index (χ2n) is 11.1. The van der Waals surface area contributed by atoms with E-state index in [1.54, 1.807) is 32.3 Å². The lowest BCUT2D eigenvalue weighted by molar-refractivity contribution is -0.262. The highest BCUT2D eigenvalue weighted by molar-refractivity contribution is 6.34. The first-order valence-corrected chi connectivity index (χ1v) is 13.5. The number of nitrogens with zero attached hydrogens (tertiary/aromatic N) is 3. The molecular weight excluding hydrogens is 531 g/mol. The van der Waals surface area contributed by atoms with Crippen LogP contribution in [0.25, 0.3) is 0 Å². The smallest absolute Gasteiger partial charge is 0.375 e. The molecule has 2 atom stereocenters. The molecule has 1 saturated heterocycles. The normalized spacial score (nSPS) is 19.9. The molecule has 1 N–H and O–H groups in total. The first-order valence-electron chi connectivity index (χ1n) is 13.2. The minimum Gasteiger partial charge on any atom is -0.375 e. The minimum absolute atomic E-state index is 0.0654. The van der Waals surface area contributed by atoms with Crippen LogP contribution in [0.2, 0.25) is 5.02 Å². The number of piperidine rings is 1. The van der Waals surface area contributed by atoms with Crippen LogP contribution in [0, 0.1) is 11.3 Å². The second-order valence-corrected chi connectivity index (χ2v) is 11.5. The van der Waals surface area contributed by atoms with Crippen LogP contribution in [0.5, 0.6) is 0 Å². The molecule has 0 aromatic heterocycles. The zero-order chi connectivity index (χ0) is 28.6. The maximum atomic E-state index is 13.9. The number of carbonyl (C=O) groups is 2. The largest absolute Gasteiger partial charge is 0.430 e. The van der Waals surface area contributed by atoms with Crippen LogP contribution in [0.15, 0.2) is 48.5 Å². The van der Waals surface area contributed by atoms with Crippen molar-refractivity contribution in [2.75, 3.05) is 45.7 Å². The average molecular weight is 566 g/mol. The van der Waals surface area contributed by atoms with Crippen molar-refractivity contribution in [3.8, 4) is 0 Å². The summed E-state index contributed by atoms with van der Waals surface area (Å²) in [5, 5.41) is 11.0. The van der Waals surface area contributed by atoms with Gasteiger partial charge in [-0.3, -0.25) is 9.59 Å². The number of halogens is 4. The van der Waals surface area contributed by atoms with Gasteiger partial charge in [0.25, 0.3) is 17.4 Å². The Balaban J connectivity index is 1.28. The topological polar surface area (TPSA) is 64.1 Å². The molecular formula is C29H35ClF3N3O3. The van der Waals surface area contributed by atoms with E-state index in [9.17, 15) is 27.9 Å². The Morgan fingerprint density at radius 1 is 1.08 bits per heavy atom. The fourth-order valence-corrected chi connectivity index (χ4v) is 6.04. The van der Waals surface area contributed by atoms with Crippen molar-refractivity contribution in [1.82, 2.24) is 9.80 Å². The van der Waals surface area contributed by atoms with Gasteiger partial charge in [0.15, 0.2) is 0 Å².